The van der Waals surface area contributed by atoms with Crippen LogP contribution in [0, 0.1) is 0 Å². The Kier molecular flexibility index (Phi) is 5.72. The minimum absolute atomic E-state index is 0.0410. The van der Waals surface area contributed by atoms with Crippen LogP contribution >= 0.6 is 11.6 Å². The van der Waals surface area contributed by atoms with Crippen molar-refractivity contribution in [3.63, 3.8) is 0 Å². The lowest BCUT2D eigenvalue weighted by Crippen LogP contribution is -2.39. The molecule has 3 aromatic rings. The van der Waals surface area contributed by atoms with Gasteiger partial charge in [-0.05, 0) is 36.5 Å². The van der Waals surface area contributed by atoms with Crippen LogP contribution in [-0.2, 0) is 6.42 Å². The summed E-state index contributed by atoms with van der Waals surface area (Å²) in [7, 11) is 0. The van der Waals surface area contributed by atoms with Gasteiger partial charge in [0.15, 0.2) is 5.89 Å². The topological polar surface area (TPSA) is 75.0 Å². The number of nitrogens with zero attached hydrogens (tertiary/aromatic N) is 3. The van der Waals surface area contributed by atoms with E-state index in [1.54, 1.807) is 6.20 Å². The molecular weight excluding hydrogens is 388 g/mol. The van der Waals surface area contributed by atoms with Crippen LogP contribution in [-0.4, -0.2) is 39.1 Å². The number of halogens is 1. The Morgan fingerprint density at radius 1 is 1.38 bits per heavy atom. The predicted octanol–water partition coefficient (Wildman–Crippen LogP) is 4.79. The number of hydrogen-bond acceptors (Lipinski definition) is 4. The molecule has 29 heavy (non-hydrogen) atoms. The van der Waals surface area contributed by atoms with E-state index in [0.29, 0.717) is 30.5 Å². The van der Waals surface area contributed by atoms with Crippen molar-refractivity contribution in [3.8, 4) is 0 Å². The van der Waals surface area contributed by atoms with E-state index in [1.807, 2.05) is 35.2 Å². The van der Waals surface area contributed by atoms with Gasteiger partial charge in [0, 0.05) is 30.2 Å². The number of oxazole rings is 1. The fourth-order valence-electron chi connectivity index (χ4n) is 3.69. The molecule has 1 N–H and O–H groups in total. The van der Waals surface area contributed by atoms with E-state index < -0.39 is 0 Å². The molecule has 0 saturated carbocycles. The second-order valence-electron chi connectivity index (χ2n) is 7.89. The highest BCUT2D eigenvalue weighted by molar-refractivity contribution is 6.31. The van der Waals surface area contributed by atoms with E-state index in [1.165, 1.54) is 0 Å². The highest BCUT2D eigenvalue weighted by Gasteiger charge is 2.29. The number of likely N-dealkylation sites (tertiary alicyclic amines) is 1. The fraction of sp³-hybridized carbons (Fsp3) is 0.409. The standard InChI is InChI=1S/C22H25ClN4O2/c1-14(2)19-11-20(26-25-19)22(28)27-9-5-7-16(13-27)21-24-12-17(29-21)10-15-6-3-4-8-18(15)23/h3-4,6,8,11-12,14,16H,5,7,9-10,13H2,1-2H3,(H,25,26)/t16-/m0/s1. The molecule has 1 atom stereocenters. The smallest absolute Gasteiger partial charge is 0.274 e. The van der Waals surface area contributed by atoms with E-state index in [2.05, 4.69) is 29.0 Å². The van der Waals surface area contributed by atoms with Crippen molar-refractivity contribution in [1.82, 2.24) is 20.1 Å². The lowest BCUT2D eigenvalue weighted by molar-refractivity contribution is 0.0692. The number of hydrogen-bond donors (Lipinski definition) is 1. The summed E-state index contributed by atoms with van der Waals surface area (Å²) in [5, 5.41) is 7.88. The SMILES string of the molecule is CC(C)c1cc(C(=O)N2CCC[C@H](c3ncc(Cc4ccccc4Cl)o3)C2)n[nH]1. The van der Waals surface area contributed by atoms with Crippen LogP contribution < -0.4 is 0 Å². The van der Waals surface area contributed by atoms with E-state index in [4.69, 9.17) is 16.0 Å². The number of aromatic nitrogens is 3. The maximum Gasteiger partial charge on any atom is 0.274 e. The minimum Gasteiger partial charge on any atom is -0.445 e. The zero-order chi connectivity index (χ0) is 20.4. The molecule has 0 bridgehead atoms. The summed E-state index contributed by atoms with van der Waals surface area (Å²) in [6, 6.07) is 9.58. The molecule has 1 amide bonds. The van der Waals surface area contributed by atoms with Gasteiger partial charge >= 0.3 is 0 Å². The van der Waals surface area contributed by atoms with Gasteiger partial charge in [0.1, 0.15) is 11.5 Å². The number of benzene rings is 1. The first-order chi connectivity index (χ1) is 14.0. The zero-order valence-corrected chi connectivity index (χ0v) is 17.4. The monoisotopic (exact) mass is 412 g/mol. The zero-order valence-electron chi connectivity index (χ0n) is 16.7. The second-order valence-corrected chi connectivity index (χ2v) is 8.29. The molecule has 2 aromatic heterocycles. The molecular formula is C22H25ClN4O2. The maximum absolute atomic E-state index is 12.9. The Balaban J connectivity index is 1.44. The summed E-state index contributed by atoms with van der Waals surface area (Å²) in [4.78, 5) is 19.2. The molecule has 0 unspecified atom stereocenters. The van der Waals surface area contributed by atoms with Crippen LogP contribution in [0.3, 0.4) is 0 Å². The molecule has 0 spiro atoms. The van der Waals surface area contributed by atoms with Gasteiger partial charge in [0.25, 0.3) is 5.91 Å². The number of carbonyl (C=O) groups excluding carboxylic acids is 1. The number of H-pyrrole nitrogens is 1. The van der Waals surface area contributed by atoms with Crippen molar-refractivity contribution < 1.29 is 9.21 Å². The van der Waals surface area contributed by atoms with Crippen LogP contribution in [0.5, 0.6) is 0 Å². The molecule has 7 heteroatoms. The Morgan fingerprint density at radius 2 is 2.21 bits per heavy atom. The fourth-order valence-corrected chi connectivity index (χ4v) is 3.89. The average molecular weight is 413 g/mol. The predicted molar refractivity (Wildman–Crippen MR) is 111 cm³/mol. The lowest BCUT2D eigenvalue weighted by Gasteiger charge is -2.30. The third-order valence-electron chi connectivity index (χ3n) is 5.39. The van der Waals surface area contributed by atoms with Crippen molar-refractivity contribution in [1.29, 1.82) is 0 Å². The highest BCUT2D eigenvalue weighted by atomic mass is 35.5. The lowest BCUT2D eigenvalue weighted by atomic mass is 9.97. The number of amides is 1. The molecule has 0 radical (unpaired) electrons. The largest absolute Gasteiger partial charge is 0.445 e. The number of piperidine rings is 1. The molecule has 1 fully saturated rings. The van der Waals surface area contributed by atoms with Gasteiger partial charge in [-0.1, -0.05) is 43.6 Å². The summed E-state index contributed by atoms with van der Waals surface area (Å²) in [5.74, 6) is 1.83. The average Bonchev–Trinajstić information content (AvgIpc) is 3.39. The molecule has 1 aliphatic rings. The first-order valence-corrected chi connectivity index (χ1v) is 10.4. The van der Waals surface area contributed by atoms with E-state index >= 15 is 0 Å². The molecule has 1 aliphatic heterocycles. The third kappa shape index (κ3) is 4.37. The van der Waals surface area contributed by atoms with Gasteiger partial charge in [0.2, 0.25) is 0 Å². The summed E-state index contributed by atoms with van der Waals surface area (Å²) < 4.78 is 6.02. The molecule has 6 nitrogen and oxygen atoms in total. The summed E-state index contributed by atoms with van der Waals surface area (Å²) in [5.41, 5.74) is 2.46. The van der Waals surface area contributed by atoms with E-state index in [0.717, 1.165) is 41.4 Å². The number of nitrogens with one attached hydrogen (secondary N) is 1. The van der Waals surface area contributed by atoms with Gasteiger partial charge in [-0.2, -0.15) is 5.10 Å². The van der Waals surface area contributed by atoms with Crippen molar-refractivity contribution in [2.75, 3.05) is 13.1 Å². The Morgan fingerprint density at radius 3 is 2.97 bits per heavy atom. The van der Waals surface area contributed by atoms with Crippen molar-refractivity contribution in [3.05, 3.63) is 70.2 Å². The minimum atomic E-state index is -0.0410. The van der Waals surface area contributed by atoms with Crippen molar-refractivity contribution in [2.24, 2.45) is 0 Å². The number of aromatic amines is 1. The molecule has 4 rings (SSSR count). The van der Waals surface area contributed by atoms with Gasteiger partial charge < -0.3 is 9.32 Å². The van der Waals surface area contributed by atoms with Crippen LogP contribution in [0.15, 0.2) is 40.9 Å². The summed E-state index contributed by atoms with van der Waals surface area (Å²) >= 11 is 6.25. The normalized spacial score (nSPS) is 17.1. The molecule has 152 valence electrons. The quantitative estimate of drug-likeness (QED) is 0.654. The van der Waals surface area contributed by atoms with E-state index in [9.17, 15) is 4.79 Å². The Labute approximate surface area is 175 Å². The Hall–Kier alpha value is -2.60. The summed E-state index contributed by atoms with van der Waals surface area (Å²) in [6.07, 6.45) is 4.24. The number of rotatable bonds is 5. The summed E-state index contributed by atoms with van der Waals surface area (Å²) in [6.45, 7) is 5.46. The first-order valence-electron chi connectivity index (χ1n) is 10.0. The Bertz CT molecular complexity index is 994. The van der Waals surface area contributed by atoms with Crippen LogP contribution in [0.1, 0.15) is 71.9 Å². The molecule has 0 aliphatic carbocycles. The van der Waals surface area contributed by atoms with Crippen molar-refractivity contribution >= 4 is 17.5 Å². The molecule has 1 saturated heterocycles. The first kappa shape index (κ1) is 19.7. The van der Waals surface area contributed by atoms with Gasteiger partial charge in [0.05, 0.1) is 12.1 Å². The second kappa shape index (κ2) is 8.41. The van der Waals surface area contributed by atoms with Crippen molar-refractivity contribution in [2.45, 2.75) is 44.9 Å². The molecule has 3 heterocycles. The van der Waals surface area contributed by atoms with Crippen LogP contribution in [0.2, 0.25) is 5.02 Å². The van der Waals surface area contributed by atoms with Gasteiger partial charge in [-0.15, -0.1) is 0 Å². The van der Waals surface area contributed by atoms with Gasteiger partial charge in [-0.25, -0.2) is 4.98 Å². The van der Waals surface area contributed by atoms with Crippen LogP contribution in [0.4, 0.5) is 0 Å². The highest BCUT2D eigenvalue weighted by Crippen LogP contribution is 2.29. The third-order valence-corrected chi connectivity index (χ3v) is 5.76. The maximum atomic E-state index is 12.9. The number of carbonyl (C=O) groups is 1. The van der Waals surface area contributed by atoms with Crippen LogP contribution in [0.25, 0.3) is 0 Å². The molecule has 1 aromatic carbocycles. The van der Waals surface area contributed by atoms with Gasteiger partial charge in [-0.3, -0.25) is 9.89 Å². The van der Waals surface area contributed by atoms with E-state index in [-0.39, 0.29) is 11.8 Å².